The van der Waals surface area contributed by atoms with Gasteiger partial charge in [-0.2, -0.15) is 0 Å². The van der Waals surface area contributed by atoms with Gasteiger partial charge in [0.2, 0.25) is 0 Å². The molecule has 0 radical (unpaired) electrons. The van der Waals surface area contributed by atoms with Gasteiger partial charge in [0.15, 0.2) is 6.29 Å². The van der Waals surface area contributed by atoms with Gasteiger partial charge < -0.3 is 4.42 Å². The predicted molar refractivity (Wildman–Crippen MR) is 59.3 cm³/mol. The normalized spacial score (nSPS) is 10.3. The molecule has 0 spiro atoms. The lowest BCUT2D eigenvalue weighted by molar-refractivity contribution is 0.112. The van der Waals surface area contributed by atoms with Crippen LogP contribution in [0, 0.1) is 6.92 Å². The highest BCUT2D eigenvalue weighted by Crippen LogP contribution is 2.25. The van der Waals surface area contributed by atoms with E-state index in [0.717, 1.165) is 11.8 Å². The van der Waals surface area contributed by atoms with Crippen molar-refractivity contribution in [3.63, 3.8) is 0 Å². The Balaban J connectivity index is 2.45. The van der Waals surface area contributed by atoms with Gasteiger partial charge >= 0.3 is 0 Å². The summed E-state index contributed by atoms with van der Waals surface area (Å²) in [5, 5.41) is 0.678. The Hall–Kier alpha value is -1.54. The number of hydrogen-bond donors (Lipinski definition) is 0. The van der Waals surface area contributed by atoms with Gasteiger partial charge in [0.1, 0.15) is 11.5 Å². The highest BCUT2D eigenvalue weighted by molar-refractivity contribution is 6.30. The minimum Gasteiger partial charge on any atom is -0.461 e. The molecule has 0 atom stereocenters. The number of furan rings is 1. The number of rotatable bonds is 2. The van der Waals surface area contributed by atoms with E-state index >= 15 is 0 Å². The van der Waals surface area contributed by atoms with E-state index in [0.29, 0.717) is 22.1 Å². The molecule has 0 fully saturated rings. The van der Waals surface area contributed by atoms with E-state index in [9.17, 15) is 4.79 Å². The maximum atomic E-state index is 10.6. The van der Waals surface area contributed by atoms with Gasteiger partial charge in [0.25, 0.3) is 0 Å². The molecule has 2 rings (SSSR count). The zero-order chi connectivity index (χ0) is 10.8. The highest BCUT2D eigenvalue weighted by Gasteiger charge is 2.07. The van der Waals surface area contributed by atoms with Crippen LogP contribution in [0.4, 0.5) is 0 Å². The van der Waals surface area contributed by atoms with Gasteiger partial charge in [0.05, 0.1) is 5.56 Å². The largest absolute Gasteiger partial charge is 0.461 e. The Morgan fingerprint density at radius 2 is 1.93 bits per heavy atom. The first-order chi connectivity index (χ1) is 7.20. The van der Waals surface area contributed by atoms with Crippen LogP contribution in [-0.2, 0) is 0 Å². The number of aryl methyl sites for hydroxylation is 1. The van der Waals surface area contributed by atoms with Crippen molar-refractivity contribution in [2.45, 2.75) is 6.92 Å². The van der Waals surface area contributed by atoms with Gasteiger partial charge in [-0.05, 0) is 37.3 Å². The molecule has 0 aliphatic heterocycles. The molecule has 0 unspecified atom stereocenters. The summed E-state index contributed by atoms with van der Waals surface area (Å²) in [7, 11) is 0. The fourth-order valence-corrected chi connectivity index (χ4v) is 1.50. The molecule has 0 aliphatic carbocycles. The van der Waals surface area contributed by atoms with Crippen LogP contribution < -0.4 is 0 Å². The molecule has 15 heavy (non-hydrogen) atoms. The van der Waals surface area contributed by atoms with Crippen molar-refractivity contribution < 1.29 is 9.21 Å². The Kier molecular flexibility index (Phi) is 2.60. The second-order valence-corrected chi connectivity index (χ2v) is 3.68. The molecule has 0 amide bonds. The van der Waals surface area contributed by atoms with Crippen LogP contribution >= 0.6 is 11.6 Å². The van der Waals surface area contributed by atoms with Crippen LogP contribution in [0.25, 0.3) is 11.3 Å². The van der Waals surface area contributed by atoms with Crippen molar-refractivity contribution in [2.75, 3.05) is 0 Å². The van der Waals surface area contributed by atoms with Crippen molar-refractivity contribution in [1.29, 1.82) is 0 Å². The quantitative estimate of drug-likeness (QED) is 0.722. The number of carbonyl (C=O) groups is 1. The van der Waals surface area contributed by atoms with Crippen molar-refractivity contribution in [3.8, 4) is 11.3 Å². The summed E-state index contributed by atoms with van der Waals surface area (Å²) in [5.74, 6) is 1.32. The van der Waals surface area contributed by atoms with Crippen molar-refractivity contribution in [1.82, 2.24) is 0 Å². The van der Waals surface area contributed by atoms with E-state index < -0.39 is 0 Å². The molecule has 0 saturated carbocycles. The molecule has 0 aliphatic rings. The Labute approximate surface area is 92.5 Å². The average molecular weight is 221 g/mol. The predicted octanol–water partition coefficient (Wildman–Crippen LogP) is 3.72. The van der Waals surface area contributed by atoms with Crippen molar-refractivity contribution in [2.24, 2.45) is 0 Å². The van der Waals surface area contributed by atoms with Crippen LogP contribution in [0.5, 0.6) is 0 Å². The summed E-state index contributed by atoms with van der Waals surface area (Å²) in [6.07, 6.45) is 0.790. The lowest BCUT2D eigenvalue weighted by Gasteiger charge is -1.95. The SMILES string of the molecule is Cc1oc(-c2ccc(Cl)cc2)cc1C=O. The van der Waals surface area contributed by atoms with Crippen LogP contribution in [0.3, 0.4) is 0 Å². The summed E-state index contributed by atoms with van der Waals surface area (Å²) < 4.78 is 5.46. The molecule has 2 nitrogen and oxygen atoms in total. The molecule has 1 aromatic heterocycles. The van der Waals surface area contributed by atoms with E-state index in [4.69, 9.17) is 16.0 Å². The molecular weight excluding hydrogens is 212 g/mol. The van der Waals surface area contributed by atoms with Crippen LogP contribution in [0.15, 0.2) is 34.7 Å². The van der Waals surface area contributed by atoms with Crippen molar-refractivity contribution >= 4 is 17.9 Å². The van der Waals surface area contributed by atoms with E-state index in [1.165, 1.54) is 0 Å². The summed E-state index contributed by atoms with van der Waals surface area (Å²) >= 11 is 5.78. The maximum absolute atomic E-state index is 10.6. The zero-order valence-corrected chi connectivity index (χ0v) is 8.91. The minimum atomic E-state index is 0.583. The number of carbonyl (C=O) groups excluding carboxylic acids is 1. The van der Waals surface area contributed by atoms with E-state index in [1.54, 1.807) is 25.1 Å². The maximum Gasteiger partial charge on any atom is 0.153 e. The van der Waals surface area contributed by atoms with E-state index in [-0.39, 0.29) is 0 Å². The second kappa shape index (κ2) is 3.91. The molecule has 0 bridgehead atoms. The molecule has 76 valence electrons. The first kappa shape index (κ1) is 9.99. The Morgan fingerprint density at radius 3 is 2.47 bits per heavy atom. The lowest BCUT2D eigenvalue weighted by Crippen LogP contribution is -1.75. The third kappa shape index (κ3) is 1.95. The molecule has 0 saturated heterocycles. The summed E-state index contributed by atoms with van der Waals surface area (Å²) in [6, 6.07) is 9.01. The first-order valence-corrected chi connectivity index (χ1v) is 4.90. The number of aldehydes is 1. The molecule has 1 heterocycles. The van der Waals surface area contributed by atoms with E-state index in [2.05, 4.69) is 0 Å². The monoisotopic (exact) mass is 220 g/mol. The molecular formula is C12H9ClO2. The fourth-order valence-electron chi connectivity index (χ4n) is 1.37. The van der Waals surface area contributed by atoms with Crippen LogP contribution in [0.2, 0.25) is 5.02 Å². The molecule has 2 aromatic rings. The second-order valence-electron chi connectivity index (χ2n) is 3.25. The topological polar surface area (TPSA) is 30.2 Å². The number of halogens is 1. The van der Waals surface area contributed by atoms with Gasteiger partial charge in [-0.15, -0.1) is 0 Å². The first-order valence-electron chi connectivity index (χ1n) is 4.52. The van der Waals surface area contributed by atoms with Crippen LogP contribution in [-0.4, -0.2) is 6.29 Å². The summed E-state index contributed by atoms with van der Waals surface area (Å²) in [4.78, 5) is 10.6. The molecule has 1 aromatic carbocycles. The molecule has 0 N–H and O–H groups in total. The van der Waals surface area contributed by atoms with E-state index in [1.807, 2.05) is 12.1 Å². The standard InChI is InChI=1S/C12H9ClO2/c1-8-10(7-14)6-12(15-8)9-2-4-11(13)5-3-9/h2-7H,1H3. The zero-order valence-electron chi connectivity index (χ0n) is 8.16. The number of benzene rings is 1. The fraction of sp³-hybridized carbons (Fsp3) is 0.0833. The summed E-state index contributed by atoms with van der Waals surface area (Å²) in [5.41, 5.74) is 1.50. The van der Waals surface area contributed by atoms with Gasteiger partial charge in [-0.25, -0.2) is 0 Å². The summed E-state index contributed by atoms with van der Waals surface area (Å²) in [6.45, 7) is 1.77. The van der Waals surface area contributed by atoms with Gasteiger partial charge in [0, 0.05) is 10.6 Å². The highest BCUT2D eigenvalue weighted by atomic mass is 35.5. The smallest absolute Gasteiger partial charge is 0.153 e. The average Bonchev–Trinajstić information content (AvgIpc) is 2.61. The lowest BCUT2D eigenvalue weighted by atomic mass is 10.1. The third-order valence-electron chi connectivity index (χ3n) is 2.21. The van der Waals surface area contributed by atoms with Gasteiger partial charge in [-0.1, -0.05) is 11.6 Å². The Bertz CT molecular complexity index is 483. The Morgan fingerprint density at radius 1 is 1.27 bits per heavy atom. The third-order valence-corrected chi connectivity index (χ3v) is 2.46. The minimum absolute atomic E-state index is 0.583. The van der Waals surface area contributed by atoms with Crippen LogP contribution in [0.1, 0.15) is 16.1 Å². The number of hydrogen-bond acceptors (Lipinski definition) is 2. The van der Waals surface area contributed by atoms with Gasteiger partial charge in [-0.3, -0.25) is 4.79 Å². The van der Waals surface area contributed by atoms with Crippen molar-refractivity contribution in [3.05, 3.63) is 46.7 Å². The molecule has 3 heteroatoms.